The van der Waals surface area contributed by atoms with Crippen molar-refractivity contribution in [2.45, 2.75) is 13.0 Å². The van der Waals surface area contributed by atoms with Gasteiger partial charge in [0.25, 0.3) is 0 Å². The number of nitro groups is 1. The molecule has 1 unspecified atom stereocenters. The SMILES string of the molecule is CC(Oc1ccc(Oc2ccc(Br)cc2[N+](=O)[O-])cc1)C(=O)O. The van der Waals surface area contributed by atoms with Crippen molar-refractivity contribution in [2.24, 2.45) is 0 Å². The molecule has 0 radical (unpaired) electrons. The summed E-state index contributed by atoms with van der Waals surface area (Å²) in [4.78, 5) is 21.2. The Morgan fingerprint density at radius 1 is 1.22 bits per heavy atom. The van der Waals surface area contributed by atoms with Gasteiger partial charge in [0.05, 0.1) is 4.92 Å². The highest BCUT2D eigenvalue weighted by Crippen LogP contribution is 2.34. The summed E-state index contributed by atoms with van der Waals surface area (Å²) in [6, 6.07) is 10.6. The van der Waals surface area contributed by atoms with E-state index in [4.69, 9.17) is 14.6 Å². The first-order valence-corrected chi connectivity index (χ1v) is 7.27. The van der Waals surface area contributed by atoms with Crippen LogP contribution in [0.25, 0.3) is 0 Å². The Hall–Kier alpha value is -2.61. The lowest BCUT2D eigenvalue weighted by molar-refractivity contribution is -0.385. The standard InChI is InChI=1S/C15H12BrNO6/c1-9(15(18)19)22-11-3-5-12(6-4-11)23-14-7-2-10(16)8-13(14)17(20)21/h2-9H,1H3,(H,18,19). The number of nitrogens with zero attached hydrogens (tertiary/aromatic N) is 1. The lowest BCUT2D eigenvalue weighted by Crippen LogP contribution is -2.22. The molecule has 2 rings (SSSR count). The largest absolute Gasteiger partial charge is 0.479 e. The molecule has 0 saturated heterocycles. The van der Waals surface area contributed by atoms with Gasteiger partial charge < -0.3 is 14.6 Å². The average Bonchev–Trinajstić information content (AvgIpc) is 2.50. The fourth-order valence-electron chi connectivity index (χ4n) is 1.69. The Kier molecular flexibility index (Phi) is 5.17. The lowest BCUT2D eigenvalue weighted by atomic mass is 10.3. The summed E-state index contributed by atoms with van der Waals surface area (Å²) >= 11 is 3.17. The van der Waals surface area contributed by atoms with Crippen LogP contribution < -0.4 is 9.47 Å². The Balaban J connectivity index is 2.15. The van der Waals surface area contributed by atoms with Gasteiger partial charge >= 0.3 is 11.7 Å². The number of hydrogen-bond acceptors (Lipinski definition) is 5. The minimum Gasteiger partial charge on any atom is -0.479 e. The van der Waals surface area contributed by atoms with E-state index in [1.807, 2.05) is 0 Å². The fourth-order valence-corrected chi connectivity index (χ4v) is 2.04. The summed E-state index contributed by atoms with van der Waals surface area (Å²) in [6.45, 7) is 1.41. The summed E-state index contributed by atoms with van der Waals surface area (Å²) in [7, 11) is 0. The molecule has 2 aromatic rings. The van der Waals surface area contributed by atoms with E-state index in [1.165, 1.54) is 43.3 Å². The molecule has 0 fully saturated rings. The molecule has 23 heavy (non-hydrogen) atoms. The molecular formula is C15H12BrNO6. The molecule has 7 nitrogen and oxygen atoms in total. The van der Waals surface area contributed by atoms with Gasteiger partial charge in [0.15, 0.2) is 6.10 Å². The molecule has 1 atom stereocenters. The van der Waals surface area contributed by atoms with E-state index in [2.05, 4.69) is 15.9 Å². The van der Waals surface area contributed by atoms with E-state index in [-0.39, 0.29) is 11.4 Å². The first-order chi connectivity index (χ1) is 10.9. The van der Waals surface area contributed by atoms with Crippen LogP contribution in [-0.2, 0) is 4.79 Å². The second-order valence-corrected chi connectivity index (χ2v) is 5.46. The van der Waals surface area contributed by atoms with Crippen LogP contribution in [0.5, 0.6) is 17.2 Å². The number of ether oxygens (including phenoxy) is 2. The highest BCUT2D eigenvalue weighted by Gasteiger charge is 2.17. The average molecular weight is 382 g/mol. The van der Waals surface area contributed by atoms with Crippen LogP contribution in [-0.4, -0.2) is 22.1 Å². The topological polar surface area (TPSA) is 98.9 Å². The molecule has 2 aromatic carbocycles. The zero-order chi connectivity index (χ0) is 17.0. The summed E-state index contributed by atoms with van der Waals surface area (Å²) in [5.74, 6) is -0.245. The molecule has 0 heterocycles. The van der Waals surface area contributed by atoms with Gasteiger partial charge in [-0.05, 0) is 43.3 Å². The van der Waals surface area contributed by atoms with Crippen molar-refractivity contribution in [2.75, 3.05) is 0 Å². The van der Waals surface area contributed by atoms with Gasteiger partial charge in [-0.15, -0.1) is 0 Å². The maximum atomic E-state index is 11.0. The van der Waals surface area contributed by atoms with E-state index in [0.29, 0.717) is 16.0 Å². The quantitative estimate of drug-likeness (QED) is 0.599. The van der Waals surface area contributed by atoms with E-state index in [1.54, 1.807) is 6.07 Å². The van der Waals surface area contributed by atoms with Crippen LogP contribution in [0.3, 0.4) is 0 Å². The number of nitro benzene ring substituents is 1. The van der Waals surface area contributed by atoms with Crippen LogP contribution in [0.15, 0.2) is 46.9 Å². The number of rotatable bonds is 6. The summed E-state index contributed by atoms with van der Waals surface area (Å²) < 4.78 is 11.3. The lowest BCUT2D eigenvalue weighted by Gasteiger charge is -2.11. The molecule has 0 aliphatic heterocycles. The third-order valence-electron chi connectivity index (χ3n) is 2.83. The minimum absolute atomic E-state index is 0.103. The second kappa shape index (κ2) is 7.10. The van der Waals surface area contributed by atoms with Crippen molar-refractivity contribution in [3.8, 4) is 17.2 Å². The van der Waals surface area contributed by atoms with Crippen molar-refractivity contribution in [3.63, 3.8) is 0 Å². The number of carboxylic acid groups (broad SMARTS) is 1. The summed E-state index contributed by atoms with van der Waals surface area (Å²) in [5, 5.41) is 19.8. The molecule has 120 valence electrons. The van der Waals surface area contributed by atoms with Gasteiger partial charge in [-0.1, -0.05) is 15.9 Å². The number of hydrogen-bond donors (Lipinski definition) is 1. The van der Waals surface area contributed by atoms with Gasteiger partial charge in [0.1, 0.15) is 11.5 Å². The number of aliphatic carboxylic acids is 1. The Labute approximate surface area is 139 Å². The number of benzene rings is 2. The first-order valence-electron chi connectivity index (χ1n) is 6.48. The number of carbonyl (C=O) groups is 1. The van der Waals surface area contributed by atoms with Crippen LogP contribution in [0, 0.1) is 10.1 Å². The molecule has 0 amide bonds. The van der Waals surface area contributed by atoms with Gasteiger partial charge in [-0.3, -0.25) is 10.1 Å². The van der Waals surface area contributed by atoms with Crippen molar-refractivity contribution in [3.05, 3.63) is 57.1 Å². The number of carboxylic acids is 1. The predicted octanol–water partition coefficient (Wildman–Crippen LogP) is 4.00. The Bertz CT molecular complexity index is 731. The maximum Gasteiger partial charge on any atom is 0.344 e. The Morgan fingerprint density at radius 2 is 1.83 bits per heavy atom. The summed E-state index contributed by atoms with van der Waals surface area (Å²) in [6.07, 6.45) is -0.977. The first kappa shape index (κ1) is 16.8. The van der Waals surface area contributed by atoms with Gasteiger partial charge in [0.2, 0.25) is 5.75 Å². The molecule has 0 spiro atoms. The molecular weight excluding hydrogens is 370 g/mol. The Morgan fingerprint density at radius 3 is 2.39 bits per heavy atom. The van der Waals surface area contributed by atoms with Crippen molar-refractivity contribution < 1.29 is 24.3 Å². The zero-order valence-electron chi connectivity index (χ0n) is 11.9. The fraction of sp³-hybridized carbons (Fsp3) is 0.133. The van der Waals surface area contributed by atoms with Crippen molar-refractivity contribution in [1.29, 1.82) is 0 Å². The van der Waals surface area contributed by atoms with E-state index in [0.717, 1.165) is 0 Å². The highest BCUT2D eigenvalue weighted by molar-refractivity contribution is 9.10. The predicted molar refractivity (Wildman–Crippen MR) is 85.0 cm³/mol. The van der Waals surface area contributed by atoms with E-state index < -0.39 is 17.0 Å². The van der Waals surface area contributed by atoms with Crippen LogP contribution >= 0.6 is 15.9 Å². The van der Waals surface area contributed by atoms with Crippen LogP contribution in [0.4, 0.5) is 5.69 Å². The highest BCUT2D eigenvalue weighted by atomic mass is 79.9. The molecule has 1 N–H and O–H groups in total. The normalized spacial score (nSPS) is 11.6. The zero-order valence-corrected chi connectivity index (χ0v) is 13.5. The molecule has 0 bridgehead atoms. The number of halogens is 1. The third kappa shape index (κ3) is 4.43. The summed E-state index contributed by atoms with van der Waals surface area (Å²) in [5.41, 5.74) is -0.167. The van der Waals surface area contributed by atoms with Gasteiger partial charge in [0, 0.05) is 10.5 Å². The molecule has 0 saturated carbocycles. The van der Waals surface area contributed by atoms with Crippen LogP contribution in [0.2, 0.25) is 0 Å². The van der Waals surface area contributed by atoms with Crippen molar-refractivity contribution >= 4 is 27.6 Å². The molecule has 0 aromatic heterocycles. The van der Waals surface area contributed by atoms with Crippen molar-refractivity contribution in [1.82, 2.24) is 0 Å². The maximum absolute atomic E-state index is 11.0. The smallest absolute Gasteiger partial charge is 0.344 e. The van der Waals surface area contributed by atoms with E-state index in [9.17, 15) is 14.9 Å². The third-order valence-corrected chi connectivity index (χ3v) is 3.32. The monoisotopic (exact) mass is 381 g/mol. The van der Waals surface area contributed by atoms with Crippen LogP contribution in [0.1, 0.15) is 6.92 Å². The second-order valence-electron chi connectivity index (χ2n) is 4.54. The molecule has 0 aliphatic carbocycles. The van der Waals surface area contributed by atoms with E-state index >= 15 is 0 Å². The molecule has 0 aliphatic rings. The van der Waals surface area contributed by atoms with Gasteiger partial charge in [-0.2, -0.15) is 0 Å². The van der Waals surface area contributed by atoms with Gasteiger partial charge in [-0.25, -0.2) is 4.79 Å². The minimum atomic E-state index is -1.07. The molecule has 8 heteroatoms.